The van der Waals surface area contributed by atoms with Gasteiger partial charge in [0.05, 0.1) is 5.69 Å². The monoisotopic (exact) mass is 484 g/mol. The summed E-state index contributed by atoms with van der Waals surface area (Å²) in [5.74, 6) is 1.50. The van der Waals surface area contributed by atoms with Crippen LogP contribution >= 0.6 is 0 Å². The van der Waals surface area contributed by atoms with Gasteiger partial charge in [0.1, 0.15) is 11.9 Å². The number of carbonyl (C=O) groups is 2. The zero-order valence-corrected chi connectivity index (χ0v) is 21.0. The molecular formula is C28H32N6O2. The molecule has 2 amide bonds. The molecule has 1 aromatic heterocycles. The molecule has 2 aliphatic heterocycles. The fraction of sp³-hybridized carbons (Fsp3) is 0.321. The van der Waals surface area contributed by atoms with Gasteiger partial charge < -0.3 is 24.9 Å². The largest absolute Gasteiger partial charge is 0.340 e. The highest BCUT2D eigenvalue weighted by atomic mass is 16.2. The van der Waals surface area contributed by atoms with Gasteiger partial charge in [0, 0.05) is 51.0 Å². The van der Waals surface area contributed by atoms with Gasteiger partial charge in [-0.05, 0) is 49.9 Å². The number of carbonyl (C=O) groups excluding carboxylic acids is 2. The molecule has 1 fully saturated rings. The van der Waals surface area contributed by atoms with Crippen molar-refractivity contribution in [3.8, 4) is 0 Å². The van der Waals surface area contributed by atoms with Crippen molar-refractivity contribution in [2.45, 2.75) is 19.5 Å². The molecule has 0 radical (unpaired) electrons. The summed E-state index contributed by atoms with van der Waals surface area (Å²) in [7, 11) is 3.87. The van der Waals surface area contributed by atoms with Gasteiger partial charge in [0.15, 0.2) is 5.82 Å². The van der Waals surface area contributed by atoms with E-state index in [0.29, 0.717) is 17.9 Å². The first kappa shape index (κ1) is 23.8. The number of nitrogens with zero attached hydrogens (tertiary/aromatic N) is 5. The minimum absolute atomic E-state index is 0.0380. The molecular weight excluding hydrogens is 452 g/mol. The van der Waals surface area contributed by atoms with E-state index in [9.17, 15) is 9.59 Å². The number of likely N-dealkylation sites (N-methyl/N-ethyl adjacent to an activating group) is 2. The van der Waals surface area contributed by atoms with Gasteiger partial charge in [-0.2, -0.15) is 0 Å². The number of aromatic nitrogens is 1. The lowest BCUT2D eigenvalue weighted by Crippen LogP contribution is -2.50. The van der Waals surface area contributed by atoms with Crippen LogP contribution in [0.2, 0.25) is 0 Å². The molecule has 0 saturated carbocycles. The Morgan fingerprint density at radius 2 is 1.72 bits per heavy atom. The predicted molar refractivity (Wildman–Crippen MR) is 143 cm³/mol. The van der Waals surface area contributed by atoms with E-state index in [2.05, 4.69) is 29.4 Å². The van der Waals surface area contributed by atoms with Crippen molar-refractivity contribution in [2.24, 2.45) is 0 Å². The van der Waals surface area contributed by atoms with Crippen molar-refractivity contribution < 1.29 is 9.59 Å². The van der Waals surface area contributed by atoms with Crippen molar-refractivity contribution in [3.63, 3.8) is 0 Å². The first-order valence-corrected chi connectivity index (χ1v) is 12.3. The summed E-state index contributed by atoms with van der Waals surface area (Å²) in [5.41, 5.74) is 3.35. The number of hydrogen-bond donors (Lipinski definition) is 1. The van der Waals surface area contributed by atoms with Crippen molar-refractivity contribution in [3.05, 3.63) is 77.9 Å². The highest BCUT2D eigenvalue weighted by Crippen LogP contribution is 2.36. The Kier molecular flexibility index (Phi) is 6.61. The van der Waals surface area contributed by atoms with Crippen LogP contribution in [0.1, 0.15) is 22.8 Å². The number of hydrogen-bond acceptors (Lipinski definition) is 6. The summed E-state index contributed by atoms with van der Waals surface area (Å²) in [4.78, 5) is 38.7. The van der Waals surface area contributed by atoms with E-state index < -0.39 is 0 Å². The molecule has 2 aliphatic rings. The molecule has 1 N–H and O–H groups in total. The second kappa shape index (κ2) is 9.99. The molecule has 186 valence electrons. The van der Waals surface area contributed by atoms with Gasteiger partial charge in [0.25, 0.3) is 5.91 Å². The third-order valence-corrected chi connectivity index (χ3v) is 7.01. The number of benzene rings is 2. The number of nitrogens with one attached hydrogen (secondary N) is 1. The SMILES string of the molecule is C[C@@H]1C(=O)N(C)c2ccc(Nc3cccc(C(=O)N4CCN(C)CC4)c3)nc2N1Cc1ccccc1. The van der Waals surface area contributed by atoms with E-state index in [-0.39, 0.29) is 17.9 Å². The topological polar surface area (TPSA) is 72.0 Å². The Labute approximate surface area is 212 Å². The fourth-order valence-electron chi connectivity index (χ4n) is 4.76. The summed E-state index contributed by atoms with van der Waals surface area (Å²) in [6.07, 6.45) is 0. The molecule has 36 heavy (non-hydrogen) atoms. The average molecular weight is 485 g/mol. The Morgan fingerprint density at radius 3 is 2.47 bits per heavy atom. The first-order valence-electron chi connectivity index (χ1n) is 12.3. The van der Waals surface area contributed by atoms with Crippen molar-refractivity contribution in [2.75, 3.05) is 55.4 Å². The smallest absolute Gasteiger partial charge is 0.254 e. The zero-order chi connectivity index (χ0) is 25.2. The summed E-state index contributed by atoms with van der Waals surface area (Å²) in [6, 6.07) is 21.1. The van der Waals surface area contributed by atoms with Crippen LogP contribution in [-0.4, -0.2) is 72.9 Å². The summed E-state index contributed by atoms with van der Waals surface area (Å²) < 4.78 is 0. The van der Waals surface area contributed by atoms with Crippen LogP contribution in [0.15, 0.2) is 66.7 Å². The Hall–Kier alpha value is -3.91. The maximum Gasteiger partial charge on any atom is 0.254 e. The molecule has 8 heteroatoms. The lowest BCUT2D eigenvalue weighted by Gasteiger charge is -2.39. The van der Waals surface area contributed by atoms with Gasteiger partial charge in [0.2, 0.25) is 5.91 Å². The molecule has 3 aromatic rings. The molecule has 2 aromatic carbocycles. The number of amides is 2. The molecule has 5 rings (SSSR count). The highest BCUT2D eigenvalue weighted by Gasteiger charge is 2.34. The molecule has 1 atom stereocenters. The van der Waals surface area contributed by atoms with Crippen LogP contribution in [-0.2, 0) is 11.3 Å². The molecule has 0 unspecified atom stereocenters. The second-order valence-corrected chi connectivity index (χ2v) is 9.53. The maximum atomic E-state index is 13.0. The lowest BCUT2D eigenvalue weighted by molar-refractivity contribution is -0.119. The number of rotatable bonds is 5. The third kappa shape index (κ3) is 4.77. The molecule has 0 spiro atoms. The number of anilines is 4. The first-order chi connectivity index (χ1) is 17.4. The number of fused-ring (bicyclic) bond motifs is 1. The van der Waals surface area contributed by atoms with E-state index in [0.717, 1.165) is 48.9 Å². The van der Waals surface area contributed by atoms with E-state index in [1.54, 1.807) is 11.9 Å². The maximum absolute atomic E-state index is 13.0. The zero-order valence-electron chi connectivity index (χ0n) is 21.0. The van der Waals surface area contributed by atoms with Crippen LogP contribution in [0.25, 0.3) is 0 Å². The van der Waals surface area contributed by atoms with Gasteiger partial charge in [-0.1, -0.05) is 36.4 Å². The van der Waals surface area contributed by atoms with Crippen LogP contribution in [0.3, 0.4) is 0 Å². The van der Waals surface area contributed by atoms with Gasteiger partial charge in [-0.3, -0.25) is 9.59 Å². The highest BCUT2D eigenvalue weighted by molar-refractivity contribution is 6.04. The van der Waals surface area contributed by atoms with Crippen LogP contribution in [0.4, 0.5) is 23.0 Å². The minimum atomic E-state index is -0.338. The van der Waals surface area contributed by atoms with Crippen LogP contribution in [0.5, 0.6) is 0 Å². The fourth-order valence-corrected chi connectivity index (χ4v) is 4.76. The quantitative estimate of drug-likeness (QED) is 0.597. The van der Waals surface area contributed by atoms with E-state index in [1.165, 1.54) is 0 Å². The minimum Gasteiger partial charge on any atom is -0.340 e. The standard InChI is InChI=1S/C28H32N6O2/c1-20-27(35)32(3)24-12-13-25(30-26(24)34(20)19-21-8-5-4-6-9-21)29-23-11-7-10-22(18-23)28(36)33-16-14-31(2)15-17-33/h4-13,18,20H,14-17,19H2,1-3H3,(H,29,30)/t20-/m1/s1. The van der Waals surface area contributed by atoms with Gasteiger partial charge in [-0.25, -0.2) is 4.98 Å². The normalized spacial score (nSPS) is 18.2. The number of pyridine rings is 1. The Morgan fingerprint density at radius 1 is 0.972 bits per heavy atom. The second-order valence-electron chi connectivity index (χ2n) is 9.53. The van der Waals surface area contributed by atoms with Crippen LogP contribution in [0, 0.1) is 0 Å². The van der Waals surface area contributed by atoms with Crippen molar-refractivity contribution in [1.29, 1.82) is 0 Å². The molecule has 3 heterocycles. The molecule has 0 bridgehead atoms. The van der Waals surface area contributed by atoms with Gasteiger partial charge in [-0.15, -0.1) is 0 Å². The Balaban J connectivity index is 1.40. The van der Waals surface area contributed by atoms with Gasteiger partial charge >= 0.3 is 0 Å². The Bertz CT molecular complexity index is 1260. The van der Waals surface area contributed by atoms with Crippen molar-refractivity contribution >= 4 is 34.8 Å². The van der Waals surface area contributed by atoms with E-state index in [1.807, 2.05) is 71.3 Å². The van der Waals surface area contributed by atoms with Crippen LogP contribution < -0.4 is 15.1 Å². The average Bonchev–Trinajstić information content (AvgIpc) is 2.90. The molecule has 1 saturated heterocycles. The summed E-state index contributed by atoms with van der Waals surface area (Å²) in [5, 5.41) is 3.36. The summed E-state index contributed by atoms with van der Waals surface area (Å²) >= 11 is 0. The third-order valence-electron chi connectivity index (χ3n) is 7.01. The number of piperazine rings is 1. The molecule has 8 nitrogen and oxygen atoms in total. The predicted octanol–water partition coefficient (Wildman–Crippen LogP) is 3.58. The van der Waals surface area contributed by atoms with Crippen molar-refractivity contribution in [1.82, 2.24) is 14.8 Å². The van der Waals surface area contributed by atoms with E-state index in [4.69, 9.17) is 4.98 Å². The molecule has 0 aliphatic carbocycles. The lowest BCUT2D eigenvalue weighted by atomic mass is 10.1. The summed E-state index contributed by atoms with van der Waals surface area (Å²) in [6.45, 7) is 5.75. The van der Waals surface area contributed by atoms with E-state index >= 15 is 0 Å².